The fourth-order valence-corrected chi connectivity index (χ4v) is 2.73. The summed E-state index contributed by atoms with van der Waals surface area (Å²) in [6.07, 6.45) is -4.64. The van der Waals surface area contributed by atoms with Crippen LogP contribution in [0.2, 0.25) is 5.02 Å². The molecular weight excluding hydrogens is 305 g/mol. The van der Waals surface area contributed by atoms with Gasteiger partial charge < -0.3 is 0 Å². The second-order valence-corrected chi connectivity index (χ2v) is 6.08. The molecule has 0 N–H and O–H groups in total. The Morgan fingerprint density at radius 3 is 2.42 bits per heavy atom. The number of hydrogen-bond donors (Lipinski definition) is 0. The molecule has 0 spiro atoms. The summed E-state index contributed by atoms with van der Waals surface area (Å²) in [5.41, 5.74) is 0.0408. The van der Waals surface area contributed by atoms with Gasteiger partial charge >= 0.3 is 6.18 Å². The van der Waals surface area contributed by atoms with Gasteiger partial charge in [0.15, 0.2) is 0 Å². The van der Waals surface area contributed by atoms with E-state index in [1.807, 2.05) is 0 Å². The van der Waals surface area contributed by atoms with Crippen molar-refractivity contribution in [2.45, 2.75) is 11.1 Å². The summed E-state index contributed by atoms with van der Waals surface area (Å²) >= 11 is 5.65. The van der Waals surface area contributed by atoms with Gasteiger partial charge in [0, 0.05) is 7.05 Å². The third-order valence-electron chi connectivity index (χ3n) is 2.17. The molecule has 0 unspecified atom stereocenters. The molecule has 0 fully saturated rings. The van der Waals surface area contributed by atoms with Crippen molar-refractivity contribution in [3.05, 3.63) is 28.8 Å². The second-order valence-electron chi connectivity index (χ2n) is 3.63. The summed E-state index contributed by atoms with van der Waals surface area (Å²) in [6, 6.07) is 4.84. The second kappa shape index (κ2) is 5.36. The summed E-state index contributed by atoms with van der Waals surface area (Å²) in [5.74, 6) is 0. The normalized spacial score (nSPS) is 12.5. The number of benzene rings is 1. The number of alkyl halides is 3. The monoisotopic (exact) mass is 312 g/mol. The quantitative estimate of drug-likeness (QED) is 0.861. The van der Waals surface area contributed by atoms with Crippen LogP contribution in [-0.2, 0) is 10.0 Å². The molecule has 19 heavy (non-hydrogen) atoms. The van der Waals surface area contributed by atoms with Crippen molar-refractivity contribution in [3.8, 4) is 6.07 Å². The van der Waals surface area contributed by atoms with Crippen molar-refractivity contribution in [2.75, 3.05) is 13.6 Å². The fraction of sp³-hybridized carbons (Fsp3) is 0.300. The molecule has 0 aliphatic heterocycles. The molecule has 1 aromatic rings. The van der Waals surface area contributed by atoms with Crippen LogP contribution in [0.3, 0.4) is 0 Å². The van der Waals surface area contributed by atoms with Gasteiger partial charge in [-0.05, 0) is 18.2 Å². The highest BCUT2D eigenvalue weighted by atomic mass is 35.5. The Hall–Kier alpha value is -1.30. The van der Waals surface area contributed by atoms with E-state index in [9.17, 15) is 21.6 Å². The number of rotatable bonds is 3. The van der Waals surface area contributed by atoms with Gasteiger partial charge in [-0.15, -0.1) is 0 Å². The van der Waals surface area contributed by atoms with E-state index in [0.29, 0.717) is 0 Å². The zero-order chi connectivity index (χ0) is 14.8. The van der Waals surface area contributed by atoms with E-state index in [1.165, 1.54) is 0 Å². The third-order valence-corrected chi connectivity index (χ3v) is 4.28. The van der Waals surface area contributed by atoms with E-state index >= 15 is 0 Å². The highest BCUT2D eigenvalue weighted by Gasteiger charge is 2.34. The van der Waals surface area contributed by atoms with E-state index in [1.54, 1.807) is 6.07 Å². The lowest BCUT2D eigenvalue weighted by Crippen LogP contribution is -2.35. The molecule has 9 heteroatoms. The first-order chi connectivity index (χ1) is 8.58. The van der Waals surface area contributed by atoms with Crippen molar-refractivity contribution < 1.29 is 21.6 Å². The van der Waals surface area contributed by atoms with E-state index < -0.39 is 27.6 Å². The van der Waals surface area contributed by atoms with Crippen LogP contribution in [0.1, 0.15) is 5.56 Å². The van der Waals surface area contributed by atoms with Crippen molar-refractivity contribution in [1.82, 2.24) is 4.31 Å². The predicted octanol–water partition coefficient (Wildman–Crippen LogP) is 2.39. The maximum Gasteiger partial charge on any atom is 0.402 e. The van der Waals surface area contributed by atoms with Crippen LogP contribution in [0.5, 0.6) is 0 Å². The van der Waals surface area contributed by atoms with Crippen LogP contribution < -0.4 is 0 Å². The highest BCUT2D eigenvalue weighted by molar-refractivity contribution is 7.89. The van der Waals surface area contributed by atoms with Crippen molar-refractivity contribution in [3.63, 3.8) is 0 Å². The smallest absolute Gasteiger partial charge is 0.207 e. The minimum absolute atomic E-state index is 0.0408. The summed E-state index contributed by atoms with van der Waals surface area (Å²) in [7, 11) is -3.49. The molecule has 0 amide bonds. The first-order valence-corrected chi connectivity index (χ1v) is 6.62. The number of nitrogens with zero attached hydrogens (tertiary/aromatic N) is 2. The van der Waals surface area contributed by atoms with Gasteiger partial charge in [-0.2, -0.15) is 22.7 Å². The van der Waals surface area contributed by atoms with Crippen LogP contribution in [0, 0.1) is 11.3 Å². The van der Waals surface area contributed by atoms with Crippen molar-refractivity contribution in [1.29, 1.82) is 5.26 Å². The Balaban J connectivity index is 3.15. The molecule has 0 saturated heterocycles. The molecule has 0 aliphatic carbocycles. The predicted molar refractivity (Wildman–Crippen MR) is 62.0 cm³/mol. The molecule has 4 nitrogen and oxygen atoms in total. The average Bonchev–Trinajstić information content (AvgIpc) is 2.26. The largest absolute Gasteiger partial charge is 0.402 e. The van der Waals surface area contributed by atoms with E-state index in [-0.39, 0.29) is 14.9 Å². The summed E-state index contributed by atoms with van der Waals surface area (Å²) in [6.45, 7) is -1.60. The Labute approximate surface area is 113 Å². The Kier molecular flexibility index (Phi) is 4.45. The van der Waals surface area contributed by atoms with Gasteiger partial charge in [0.2, 0.25) is 10.0 Å². The molecule has 0 aromatic heterocycles. The minimum atomic E-state index is -4.64. The summed E-state index contributed by atoms with van der Waals surface area (Å²) < 4.78 is 60.4. The molecule has 1 aromatic carbocycles. The van der Waals surface area contributed by atoms with E-state index in [4.69, 9.17) is 16.9 Å². The Morgan fingerprint density at radius 2 is 2.00 bits per heavy atom. The number of sulfonamides is 1. The summed E-state index contributed by atoms with van der Waals surface area (Å²) in [5, 5.41) is 8.50. The average molecular weight is 313 g/mol. The zero-order valence-corrected chi connectivity index (χ0v) is 11.1. The zero-order valence-electron chi connectivity index (χ0n) is 9.57. The highest BCUT2D eigenvalue weighted by Crippen LogP contribution is 2.24. The lowest BCUT2D eigenvalue weighted by atomic mass is 10.2. The van der Waals surface area contributed by atoms with Crippen molar-refractivity contribution >= 4 is 21.6 Å². The molecular formula is C10H8ClF3N2O2S. The van der Waals surface area contributed by atoms with Gasteiger partial charge in [-0.1, -0.05) is 11.6 Å². The van der Waals surface area contributed by atoms with Gasteiger partial charge in [0.25, 0.3) is 0 Å². The fourth-order valence-electron chi connectivity index (χ4n) is 1.26. The van der Waals surface area contributed by atoms with Gasteiger partial charge in [-0.3, -0.25) is 0 Å². The number of hydrogen-bond acceptors (Lipinski definition) is 3. The maximum absolute atomic E-state index is 12.2. The molecule has 0 bridgehead atoms. The van der Waals surface area contributed by atoms with Crippen LogP contribution in [0.15, 0.2) is 23.1 Å². The molecule has 0 heterocycles. The van der Waals surface area contributed by atoms with Crippen LogP contribution in [0.25, 0.3) is 0 Å². The Bertz CT molecular complexity index is 623. The minimum Gasteiger partial charge on any atom is -0.207 e. The molecule has 0 aliphatic rings. The van der Waals surface area contributed by atoms with E-state index in [0.717, 1.165) is 25.2 Å². The van der Waals surface area contributed by atoms with Gasteiger partial charge in [-0.25, -0.2) is 8.42 Å². The first-order valence-electron chi connectivity index (χ1n) is 4.80. The molecule has 0 saturated carbocycles. The van der Waals surface area contributed by atoms with E-state index in [2.05, 4.69) is 0 Å². The molecule has 0 radical (unpaired) electrons. The summed E-state index contributed by atoms with van der Waals surface area (Å²) in [4.78, 5) is -0.400. The Morgan fingerprint density at radius 1 is 1.42 bits per heavy atom. The number of halogens is 4. The lowest BCUT2D eigenvalue weighted by molar-refractivity contribution is -0.134. The van der Waals surface area contributed by atoms with Crippen LogP contribution in [-0.4, -0.2) is 32.5 Å². The van der Waals surface area contributed by atoms with Crippen LogP contribution >= 0.6 is 11.6 Å². The van der Waals surface area contributed by atoms with Gasteiger partial charge in [0.05, 0.1) is 15.5 Å². The molecule has 104 valence electrons. The van der Waals surface area contributed by atoms with Crippen LogP contribution in [0.4, 0.5) is 13.2 Å². The standard InChI is InChI=1S/C10H8ClF3N2O2S/c1-16(6-10(12,13)14)19(17,18)8-3-2-7(5-15)9(11)4-8/h2-4H,6H2,1H3. The molecule has 1 rings (SSSR count). The molecule has 0 atom stereocenters. The van der Waals surface area contributed by atoms with Gasteiger partial charge in [0.1, 0.15) is 12.6 Å². The van der Waals surface area contributed by atoms with Crippen molar-refractivity contribution in [2.24, 2.45) is 0 Å². The topological polar surface area (TPSA) is 61.2 Å². The lowest BCUT2D eigenvalue weighted by Gasteiger charge is -2.18. The number of nitriles is 1. The first kappa shape index (κ1) is 15.8. The maximum atomic E-state index is 12.2. The third kappa shape index (κ3) is 3.83. The SMILES string of the molecule is CN(CC(F)(F)F)S(=O)(=O)c1ccc(C#N)c(Cl)c1.